The molecule has 134 valence electrons. The van der Waals surface area contributed by atoms with Crippen molar-refractivity contribution in [3.8, 4) is 0 Å². The highest BCUT2D eigenvalue weighted by Crippen LogP contribution is 2.33. The summed E-state index contributed by atoms with van der Waals surface area (Å²) in [5.74, 6) is 0.755. The summed E-state index contributed by atoms with van der Waals surface area (Å²) in [7, 11) is 0. The van der Waals surface area contributed by atoms with E-state index in [2.05, 4.69) is 19.9 Å². The third kappa shape index (κ3) is 3.32. The Bertz CT molecular complexity index is 894. The molecule has 1 saturated heterocycles. The van der Waals surface area contributed by atoms with Gasteiger partial charge < -0.3 is 10.2 Å². The Balaban J connectivity index is 1.57. The molecule has 26 heavy (non-hydrogen) atoms. The molecule has 4 rings (SSSR count). The van der Waals surface area contributed by atoms with Gasteiger partial charge in [-0.3, -0.25) is 4.79 Å². The van der Waals surface area contributed by atoms with Crippen LogP contribution >= 0.6 is 22.9 Å². The van der Waals surface area contributed by atoms with Gasteiger partial charge in [-0.2, -0.15) is 0 Å². The minimum Gasteiger partial charge on any atom is -0.329 e. The number of pyridine rings is 1. The van der Waals surface area contributed by atoms with Crippen molar-refractivity contribution in [2.75, 3.05) is 11.9 Å². The van der Waals surface area contributed by atoms with E-state index in [1.807, 2.05) is 35.4 Å². The SMILES string of the molecule is CCc1nnsc1C(=O)N1CCC[C@@H]1c1cccc(Nc2nccs2)n1. The summed E-state index contributed by atoms with van der Waals surface area (Å²) in [6.45, 7) is 2.72. The van der Waals surface area contributed by atoms with E-state index in [1.54, 1.807) is 6.20 Å². The number of aromatic nitrogens is 4. The molecule has 1 fully saturated rings. The number of carbonyl (C=O) groups excluding carboxylic acids is 1. The van der Waals surface area contributed by atoms with Gasteiger partial charge in [0.15, 0.2) is 5.13 Å². The van der Waals surface area contributed by atoms with Gasteiger partial charge >= 0.3 is 0 Å². The topological polar surface area (TPSA) is 83.9 Å². The maximum Gasteiger partial charge on any atom is 0.268 e. The zero-order valence-corrected chi connectivity index (χ0v) is 15.9. The Kier molecular flexibility index (Phi) is 4.89. The number of anilines is 2. The van der Waals surface area contributed by atoms with E-state index in [9.17, 15) is 4.79 Å². The molecule has 0 spiro atoms. The van der Waals surface area contributed by atoms with E-state index in [4.69, 9.17) is 4.98 Å². The number of hydrogen-bond acceptors (Lipinski definition) is 8. The van der Waals surface area contributed by atoms with Crippen molar-refractivity contribution < 1.29 is 4.79 Å². The molecule has 0 aromatic carbocycles. The highest BCUT2D eigenvalue weighted by Gasteiger charge is 2.33. The first-order valence-electron chi connectivity index (χ1n) is 8.52. The molecule has 1 N–H and O–H groups in total. The van der Waals surface area contributed by atoms with Crippen LogP contribution in [0.25, 0.3) is 0 Å². The lowest BCUT2D eigenvalue weighted by molar-refractivity contribution is 0.0736. The maximum atomic E-state index is 13.0. The molecule has 1 atom stereocenters. The van der Waals surface area contributed by atoms with Gasteiger partial charge in [-0.1, -0.05) is 17.5 Å². The molecule has 0 saturated carbocycles. The van der Waals surface area contributed by atoms with Crippen molar-refractivity contribution in [2.24, 2.45) is 0 Å². The molecular formula is C17H18N6OS2. The standard InChI is InChI=1S/C17H18N6OS2/c1-2-11-15(26-22-21-11)16(24)23-9-4-6-13(23)12-5-3-7-14(19-12)20-17-18-8-10-25-17/h3,5,7-8,10,13H,2,4,6,9H2,1H3,(H,18,19,20)/t13-/m1/s1. The van der Waals surface area contributed by atoms with E-state index in [-0.39, 0.29) is 11.9 Å². The van der Waals surface area contributed by atoms with E-state index >= 15 is 0 Å². The number of rotatable bonds is 5. The zero-order chi connectivity index (χ0) is 17.9. The molecule has 3 aromatic heterocycles. The molecular weight excluding hydrogens is 368 g/mol. The van der Waals surface area contributed by atoms with Gasteiger partial charge in [0.05, 0.1) is 17.4 Å². The first-order chi connectivity index (χ1) is 12.8. The van der Waals surface area contributed by atoms with E-state index in [0.717, 1.165) is 41.7 Å². The van der Waals surface area contributed by atoms with Crippen molar-refractivity contribution in [2.45, 2.75) is 32.2 Å². The quantitative estimate of drug-likeness (QED) is 0.720. The summed E-state index contributed by atoms with van der Waals surface area (Å²) in [6, 6.07) is 5.83. The van der Waals surface area contributed by atoms with Crippen LogP contribution < -0.4 is 5.32 Å². The molecule has 4 heterocycles. The zero-order valence-electron chi connectivity index (χ0n) is 14.3. The number of hydrogen-bond donors (Lipinski definition) is 1. The Hall–Kier alpha value is -2.39. The van der Waals surface area contributed by atoms with Gasteiger partial charge in [0.1, 0.15) is 10.7 Å². The van der Waals surface area contributed by atoms with Crippen molar-refractivity contribution in [3.63, 3.8) is 0 Å². The monoisotopic (exact) mass is 386 g/mol. The lowest BCUT2D eigenvalue weighted by Gasteiger charge is -2.24. The average molecular weight is 387 g/mol. The average Bonchev–Trinajstić information content (AvgIpc) is 3.41. The lowest BCUT2D eigenvalue weighted by Crippen LogP contribution is -2.31. The summed E-state index contributed by atoms with van der Waals surface area (Å²) < 4.78 is 3.95. The number of likely N-dealkylation sites (tertiary alicyclic amines) is 1. The molecule has 1 amide bonds. The summed E-state index contributed by atoms with van der Waals surface area (Å²) in [6.07, 6.45) is 4.34. The highest BCUT2D eigenvalue weighted by molar-refractivity contribution is 7.13. The third-order valence-corrected chi connectivity index (χ3v) is 5.82. The Labute approximate surface area is 159 Å². The van der Waals surface area contributed by atoms with Crippen LogP contribution in [0.2, 0.25) is 0 Å². The molecule has 9 heteroatoms. The maximum absolute atomic E-state index is 13.0. The summed E-state index contributed by atoms with van der Waals surface area (Å²) in [5.41, 5.74) is 1.67. The summed E-state index contributed by atoms with van der Waals surface area (Å²) in [5, 5.41) is 10.0. The molecule has 3 aromatic rings. The fourth-order valence-electron chi connectivity index (χ4n) is 3.15. The molecule has 7 nitrogen and oxygen atoms in total. The largest absolute Gasteiger partial charge is 0.329 e. The van der Waals surface area contributed by atoms with Gasteiger partial charge in [-0.25, -0.2) is 9.97 Å². The molecule has 0 radical (unpaired) electrons. The van der Waals surface area contributed by atoms with Crippen LogP contribution in [0.15, 0.2) is 29.8 Å². The number of thiazole rings is 1. The first-order valence-corrected chi connectivity index (χ1v) is 10.2. The van der Waals surface area contributed by atoms with Crippen molar-refractivity contribution in [3.05, 3.63) is 46.0 Å². The van der Waals surface area contributed by atoms with Crippen LogP contribution in [0.1, 0.15) is 46.9 Å². The van der Waals surface area contributed by atoms with Crippen LogP contribution in [0.5, 0.6) is 0 Å². The van der Waals surface area contributed by atoms with Crippen molar-refractivity contribution in [1.29, 1.82) is 0 Å². The van der Waals surface area contributed by atoms with Crippen molar-refractivity contribution >= 4 is 39.7 Å². The van der Waals surface area contributed by atoms with Crippen molar-refractivity contribution in [1.82, 2.24) is 24.5 Å². The van der Waals surface area contributed by atoms with E-state index in [1.165, 1.54) is 22.9 Å². The van der Waals surface area contributed by atoms with Crippen LogP contribution in [-0.4, -0.2) is 36.9 Å². The Morgan fingerprint density at radius 3 is 3.15 bits per heavy atom. The molecule has 0 bridgehead atoms. The van der Waals surface area contributed by atoms with Gasteiger partial charge in [0.2, 0.25) is 0 Å². The minimum atomic E-state index is -0.0210. The minimum absolute atomic E-state index is 0.0134. The number of carbonyl (C=O) groups is 1. The van der Waals surface area contributed by atoms with Crippen LogP contribution in [0, 0.1) is 0 Å². The Morgan fingerprint density at radius 1 is 1.42 bits per heavy atom. The second-order valence-electron chi connectivity index (χ2n) is 5.97. The molecule has 0 aliphatic carbocycles. The normalized spacial score (nSPS) is 16.8. The predicted octanol–water partition coefficient (Wildman–Crippen LogP) is 3.67. The first kappa shape index (κ1) is 17.0. The van der Waals surface area contributed by atoms with Crippen LogP contribution in [0.3, 0.4) is 0 Å². The molecule has 1 aliphatic rings. The van der Waals surface area contributed by atoms with E-state index < -0.39 is 0 Å². The van der Waals surface area contributed by atoms with Gasteiger partial charge in [-0.05, 0) is 42.9 Å². The Morgan fingerprint density at radius 2 is 2.35 bits per heavy atom. The lowest BCUT2D eigenvalue weighted by atomic mass is 10.1. The fourth-order valence-corrected chi connectivity index (χ4v) is 4.39. The van der Waals surface area contributed by atoms with E-state index in [0.29, 0.717) is 11.3 Å². The third-order valence-electron chi connectivity index (χ3n) is 4.38. The van der Waals surface area contributed by atoms with Gasteiger partial charge in [0.25, 0.3) is 5.91 Å². The molecule has 1 aliphatic heterocycles. The smallest absolute Gasteiger partial charge is 0.268 e. The number of nitrogens with zero attached hydrogens (tertiary/aromatic N) is 5. The van der Waals surface area contributed by atoms with Gasteiger partial charge in [-0.15, -0.1) is 16.4 Å². The van der Waals surface area contributed by atoms with Gasteiger partial charge in [0, 0.05) is 18.1 Å². The number of nitrogens with one attached hydrogen (secondary N) is 1. The fraction of sp³-hybridized carbons (Fsp3) is 0.353. The second-order valence-corrected chi connectivity index (χ2v) is 7.62. The van der Waals surface area contributed by atoms with Crippen LogP contribution in [0.4, 0.5) is 10.9 Å². The number of aryl methyl sites for hydroxylation is 1. The summed E-state index contributed by atoms with van der Waals surface area (Å²) in [4.78, 5) is 24.5. The molecule has 0 unspecified atom stereocenters. The number of amides is 1. The predicted molar refractivity (Wildman–Crippen MR) is 102 cm³/mol. The summed E-state index contributed by atoms with van der Waals surface area (Å²) >= 11 is 2.70. The highest BCUT2D eigenvalue weighted by atomic mass is 32.1. The van der Waals surface area contributed by atoms with Crippen LogP contribution in [-0.2, 0) is 6.42 Å². The second kappa shape index (κ2) is 7.46.